The van der Waals surface area contributed by atoms with Gasteiger partial charge in [0, 0.05) is 17.1 Å². The number of anilines is 4. The van der Waals surface area contributed by atoms with Crippen LogP contribution >= 0.6 is 0 Å². The number of nitrogens with zero attached hydrogens (tertiary/aromatic N) is 2. The molecule has 0 saturated carbocycles. The van der Waals surface area contributed by atoms with Crippen LogP contribution in [0.4, 0.5) is 22.7 Å². The second kappa shape index (κ2) is 9.93. The first kappa shape index (κ1) is 26.6. The average Bonchev–Trinajstić information content (AvgIpc) is 3.08. The Bertz CT molecular complexity index is 1480. The van der Waals surface area contributed by atoms with Gasteiger partial charge in [-0.3, -0.25) is 0 Å². The van der Waals surface area contributed by atoms with Crippen molar-refractivity contribution in [3.63, 3.8) is 0 Å². The van der Waals surface area contributed by atoms with Crippen LogP contribution < -0.4 is 10.6 Å². The molecule has 4 aromatic rings. The molecular weight excluding hydrogens is 474 g/mol. The third-order valence-corrected chi connectivity index (χ3v) is 8.03. The molecule has 3 nitrogen and oxygen atoms in total. The molecule has 39 heavy (non-hydrogen) atoms. The Kier molecular flexibility index (Phi) is 6.77. The molecule has 0 spiro atoms. The van der Waals surface area contributed by atoms with E-state index in [1.807, 2.05) is 6.07 Å². The van der Waals surface area contributed by atoms with Crippen molar-refractivity contribution in [2.45, 2.75) is 71.6 Å². The van der Waals surface area contributed by atoms with Gasteiger partial charge in [-0.2, -0.15) is 5.26 Å². The second-order valence-corrected chi connectivity index (χ2v) is 12.8. The fourth-order valence-electron chi connectivity index (χ4n) is 5.56. The summed E-state index contributed by atoms with van der Waals surface area (Å²) in [7, 11) is 0. The van der Waals surface area contributed by atoms with Gasteiger partial charge in [0.2, 0.25) is 0 Å². The zero-order valence-corrected chi connectivity index (χ0v) is 24.1. The Morgan fingerprint density at radius 3 is 1.67 bits per heavy atom. The molecule has 0 amide bonds. The minimum atomic E-state index is 0.0996. The zero-order chi connectivity index (χ0) is 27.9. The summed E-state index contributed by atoms with van der Waals surface area (Å²) in [4.78, 5) is 2.36. The second-order valence-electron chi connectivity index (χ2n) is 12.8. The van der Waals surface area contributed by atoms with E-state index in [0.717, 1.165) is 41.9 Å². The molecule has 1 aliphatic carbocycles. The van der Waals surface area contributed by atoms with Gasteiger partial charge in [0.05, 0.1) is 11.3 Å². The highest BCUT2D eigenvalue weighted by Gasteiger charge is 2.21. The summed E-state index contributed by atoms with van der Waals surface area (Å²) in [5.41, 5.74) is 18.9. The van der Waals surface area contributed by atoms with Crippen molar-refractivity contribution in [1.82, 2.24) is 0 Å². The third-order valence-electron chi connectivity index (χ3n) is 8.03. The molecule has 0 unspecified atom stereocenters. The van der Waals surface area contributed by atoms with Crippen LogP contribution in [0.15, 0.2) is 78.9 Å². The van der Waals surface area contributed by atoms with E-state index in [1.54, 1.807) is 0 Å². The van der Waals surface area contributed by atoms with Crippen LogP contribution in [0.1, 0.15) is 80.5 Å². The van der Waals surface area contributed by atoms with Crippen molar-refractivity contribution in [2.24, 2.45) is 0 Å². The molecule has 3 heteroatoms. The number of nitrogens with two attached hydrogens (primary N) is 1. The fraction of sp³-hybridized carbons (Fsp3) is 0.306. The Morgan fingerprint density at radius 1 is 0.641 bits per heavy atom. The number of rotatable bonds is 3. The predicted molar refractivity (Wildman–Crippen MR) is 164 cm³/mol. The molecule has 0 aliphatic heterocycles. The maximum absolute atomic E-state index is 9.47. The van der Waals surface area contributed by atoms with Gasteiger partial charge < -0.3 is 10.6 Å². The molecule has 0 bridgehead atoms. The Balaban J connectivity index is 1.60. The van der Waals surface area contributed by atoms with Crippen molar-refractivity contribution >= 4 is 22.7 Å². The molecule has 0 aromatic heterocycles. The summed E-state index contributed by atoms with van der Waals surface area (Å²) >= 11 is 0. The molecule has 5 rings (SSSR count). The van der Waals surface area contributed by atoms with Crippen LogP contribution in [-0.4, -0.2) is 0 Å². The number of hydrogen-bond acceptors (Lipinski definition) is 3. The lowest BCUT2D eigenvalue weighted by Gasteiger charge is -2.28. The minimum Gasteiger partial charge on any atom is -0.397 e. The topological polar surface area (TPSA) is 53.0 Å². The van der Waals surface area contributed by atoms with Crippen molar-refractivity contribution in [3.05, 3.63) is 118 Å². The number of nitrogen functional groups attached to an aromatic ring is 1. The van der Waals surface area contributed by atoms with Crippen LogP contribution in [0, 0.1) is 11.3 Å². The lowest BCUT2D eigenvalue weighted by atomic mass is 9.86. The number of fused-ring (bicyclic) bond motifs is 2. The van der Waals surface area contributed by atoms with Gasteiger partial charge in [0.1, 0.15) is 6.07 Å². The molecule has 4 aromatic carbocycles. The first-order valence-electron chi connectivity index (χ1n) is 13.9. The summed E-state index contributed by atoms with van der Waals surface area (Å²) in [6.07, 6.45) is 2.59. The van der Waals surface area contributed by atoms with E-state index in [0.29, 0.717) is 11.3 Å². The number of hydrogen-bond donors (Lipinski definition) is 1. The minimum absolute atomic E-state index is 0.0996. The van der Waals surface area contributed by atoms with E-state index in [1.165, 1.54) is 27.8 Å². The number of aryl methyl sites for hydroxylation is 1. The molecule has 198 valence electrons. The van der Waals surface area contributed by atoms with Crippen LogP contribution in [0.2, 0.25) is 0 Å². The summed E-state index contributed by atoms with van der Waals surface area (Å²) in [5.74, 6) is 0. The van der Waals surface area contributed by atoms with E-state index >= 15 is 0 Å². The molecule has 0 fully saturated rings. The first-order chi connectivity index (χ1) is 18.5. The van der Waals surface area contributed by atoms with Crippen molar-refractivity contribution in [3.8, 4) is 6.07 Å². The van der Waals surface area contributed by atoms with Gasteiger partial charge >= 0.3 is 0 Å². The smallest absolute Gasteiger partial charge is 0.101 e. The molecular formula is C36H39N3. The highest BCUT2D eigenvalue weighted by atomic mass is 15.1. The fourth-order valence-corrected chi connectivity index (χ4v) is 5.56. The molecule has 0 heterocycles. The summed E-state index contributed by atoms with van der Waals surface area (Å²) in [5, 5.41) is 9.47. The standard InChI is InChI=1S/C36H39N3/c1-35(2,3)28-11-16-30(17-12-28)39(31-18-13-29(14-19-31)36(4,5)6)32-15-9-24-10-20-33-25(21-27(24)22-32)7-8-26(23-37)34(33)38/h7-9,11-19,22H,10,20-21,38H2,1-6H3. The lowest BCUT2D eigenvalue weighted by Crippen LogP contribution is -2.14. The molecule has 0 saturated heterocycles. The normalized spacial score (nSPS) is 13.2. The Hall–Kier alpha value is -4.03. The van der Waals surface area contributed by atoms with Crippen molar-refractivity contribution in [1.29, 1.82) is 5.26 Å². The van der Waals surface area contributed by atoms with Gasteiger partial charge in [0.25, 0.3) is 0 Å². The van der Waals surface area contributed by atoms with E-state index < -0.39 is 0 Å². The summed E-state index contributed by atoms with van der Waals surface area (Å²) in [6.45, 7) is 13.5. The molecule has 0 atom stereocenters. The predicted octanol–water partition coefficient (Wildman–Crippen LogP) is 8.89. The Morgan fingerprint density at radius 2 is 1.15 bits per heavy atom. The van der Waals surface area contributed by atoms with E-state index in [-0.39, 0.29) is 10.8 Å². The highest BCUT2D eigenvalue weighted by Crippen LogP contribution is 2.39. The van der Waals surface area contributed by atoms with Gasteiger partial charge in [-0.05, 0) is 106 Å². The van der Waals surface area contributed by atoms with Gasteiger partial charge in [-0.1, -0.05) is 77.9 Å². The monoisotopic (exact) mass is 513 g/mol. The van der Waals surface area contributed by atoms with Crippen molar-refractivity contribution < 1.29 is 0 Å². The number of nitriles is 1. The third kappa shape index (κ3) is 5.30. The van der Waals surface area contributed by atoms with Crippen LogP contribution in [0.25, 0.3) is 0 Å². The van der Waals surface area contributed by atoms with E-state index in [2.05, 4.69) is 125 Å². The largest absolute Gasteiger partial charge is 0.397 e. The van der Waals surface area contributed by atoms with Gasteiger partial charge in [0.15, 0.2) is 0 Å². The average molecular weight is 514 g/mol. The van der Waals surface area contributed by atoms with E-state index in [4.69, 9.17) is 5.73 Å². The van der Waals surface area contributed by atoms with Crippen LogP contribution in [0.3, 0.4) is 0 Å². The first-order valence-corrected chi connectivity index (χ1v) is 13.9. The Labute approximate surface area is 233 Å². The lowest BCUT2D eigenvalue weighted by molar-refractivity contribution is 0.590. The SMILES string of the molecule is CC(C)(C)c1ccc(N(c2ccc(C(C)(C)C)cc2)c2ccc3c(c2)Cc2ccc(C#N)c(N)c2CC3)cc1. The molecule has 0 radical (unpaired) electrons. The van der Waals surface area contributed by atoms with Crippen molar-refractivity contribution in [2.75, 3.05) is 10.6 Å². The summed E-state index contributed by atoms with van der Waals surface area (Å²) < 4.78 is 0. The highest BCUT2D eigenvalue weighted by molar-refractivity contribution is 5.77. The van der Waals surface area contributed by atoms with Crippen LogP contribution in [0.5, 0.6) is 0 Å². The maximum atomic E-state index is 9.47. The maximum Gasteiger partial charge on any atom is 0.101 e. The molecule has 2 N–H and O–H groups in total. The van der Waals surface area contributed by atoms with E-state index in [9.17, 15) is 5.26 Å². The van der Waals surface area contributed by atoms with Crippen LogP contribution in [-0.2, 0) is 30.1 Å². The van der Waals surface area contributed by atoms with Gasteiger partial charge in [-0.25, -0.2) is 0 Å². The quantitative estimate of drug-likeness (QED) is 0.278. The summed E-state index contributed by atoms with van der Waals surface area (Å²) in [6, 6.07) is 31.0. The molecule has 1 aliphatic rings. The zero-order valence-electron chi connectivity index (χ0n) is 24.1. The number of benzene rings is 4. The van der Waals surface area contributed by atoms with Gasteiger partial charge in [-0.15, -0.1) is 0 Å².